The van der Waals surface area contributed by atoms with Crippen molar-refractivity contribution < 1.29 is 9.47 Å². The summed E-state index contributed by atoms with van der Waals surface area (Å²) in [5, 5.41) is 8.81. The number of nitriles is 1. The van der Waals surface area contributed by atoms with Gasteiger partial charge in [0.1, 0.15) is 11.5 Å². The van der Waals surface area contributed by atoms with Gasteiger partial charge in [-0.05, 0) is 19.1 Å². The van der Waals surface area contributed by atoms with Gasteiger partial charge in [-0.25, -0.2) is 0 Å². The number of aromatic nitrogens is 1. The van der Waals surface area contributed by atoms with Gasteiger partial charge >= 0.3 is 0 Å². The Kier molecular flexibility index (Phi) is 4.29. The van der Waals surface area contributed by atoms with Crippen molar-refractivity contribution in [3.63, 3.8) is 0 Å². The molecule has 2 rings (SSSR count). The normalized spacial score (nSPS) is 10.0. The van der Waals surface area contributed by atoms with Gasteiger partial charge in [0.15, 0.2) is 5.43 Å². The van der Waals surface area contributed by atoms with Crippen molar-refractivity contribution in [2.75, 3.05) is 14.2 Å². The standard InChI is InChI=1S/C16H16N2O3/c1-11-8-15(19)12(6-7-17)10-18(11)14-9-13(20-2)4-5-16(14)21-3/h4-5,8-10H,6H2,1-3H3. The zero-order valence-corrected chi connectivity index (χ0v) is 12.2. The molecular weight excluding hydrogens is 268 g/mol. The van der Waals surface area contributed by atoms with Gasteiger partial charge in [0.2, 0.25) is 0 Å². The molecule has 0 spiro atoms. The molecule has 5 heteroatoms. The average Bonchev–Trinajstić information content (AvgIpc) is 2.49. The predicted octanol–water partition coefficient (Wildman–Crippen LogP) is 2.23. The summed E-state index contributed by atoms with van der Waals surface area (Å²) in [6, 6.07) is 8.95. The summed E-state index contributed by atoms with van der Waals surface area (Å²) < 4.78 is 12.4. The molecule has 5 nitrogen and oxygen atoms in total. The lowest BCUT2D eigenvalue weighted by Crippen LogP contribution is -2.14. The van der Waals surface area contributed by atoms with Crippen LogP contribution in [0.15, 0.2) is 35.3 Å². The molecule has 0 aliphatic heterocycles. The van der Waals surface area contributed by atoms with Crippen molar-refractivity contribution in [2.24, 2.45) is 0 Å². The van der Waals surface area contributed by atoms with Crippen LogP contribution in [0.25, 0.3) is 5.69 Å². The highest BCUT2D eigenvalue weighted by atomic mass is 16.5. The molecular formula is C16H16N2O3. The molecule has 0 atom stereocenters. The van der Waals surface area contributed by atoms with Gasteiger partial charge in [0.05, 0.1) is 32.4 Å². The van der Waals surface area contributed by atoms with E-state index in [4.69, 9.17) is 14.7 Å². The monoisotopic (exact) mass is 284 g/mol. The zero-order chi connectivity index (χ0) is 15.4. The van der Waals surface area contributed by atoms with E-state index in [0.717, 1.165) is 11.4 Å². The Morgan fingerprint density at radius 3 is 2.62 bits per heavy atom. The fourth-order valence-corrected chi connectivity index (χ4v) is 2.14. The van der Waals surface area contributed by atoms with Gasteiger partial charge in [-0.3, -0.25) is 4.79 Å². The maximum Gasteiger partial charge on any atom is 0.186 e. The third-order valence-electron chi connectivity index (χ3n) is 3.24. The fraction of sp³-hybridized carbons (Fsp3) is 0.250. The largest absolute Gasteiger partial charge is 0.497 e. The van der Waals surface area contributed by atoms with Crippen LogP contribution < -0.4 is 14.9 Å². The number of hydrogen-bond acceptors (Lipinski definition) is 4. The SMILES string of the molecule is COc1ccc(OC)c(-n2cc(CC#N)c(=O)cc2C)c1. The van der Waals surface area contributed by atoms with Gasteiger partial charge in [-0.15, -0.1) is 0 Å². The molecule has 0 unspecified atom stereocenters. The summed E-state index contributed by atoms with van der Waals surface area (Å²) in [6.07, 6.45) is 1.75. The topological polar surface area (TPSA) is 64.2 Å². The highest BCUT2D eigenvalue weighted by Gasteiger charge is 2.11. The second kappa shape index (κ2) is 6.14. The summed E-state index contributed by atoms with van der Waals surface area (Å²) in [6.45, 7) is 1.83. The Labute approximate surface area is 123 Å². The van der Waals surface area contributed by atoms with E-state index in [1.807, 2.05) is 23.6 Å². The molecule has 1 heterocycles. The van der Waals surface area contributed by atoms with Crippen molar-refractivity contribution >= 4 is 0 Å². The molecule has 21 heavy (non-hydrogen) atoms. The number of nitrogens with zero attached hydrogens (tertiary/aromatic N) is 2. The van der Waals surface area contributed by atoms with Crippen LogP contribution in [0.5, 0.6) is 11.5 Å². The van der Waals surface area contributed by atoms with E-state index in [9.17, 15) is 4.79 Å². The number of benzene rings is 1. The van der Waals surface area contributed by atoms with Crippen LogP contribution in [0.2, 0.25) is 0 Å². The first-order valence-corrected chi connectivity index (χ1v) is 6.42. The molecule has 0 N–H and O–H groups in total. The molecule has 2 aromatic rings. The molecule has 0 saturated heterocycles. The molecule has 0 aliphatic rings. The van der Waals surface area contributed by atoms with E-state index in [0.29, 0.717) is 17.1 Å². The fourth-order valence-electron chi connectivity index (χ4n) is 2.14. The lowest BCUT2D eigenvalue weighted by molar-refractivity contribution is 0.401. The molecule has 0 saturated carbocycles. The number of ether oxygens (including phenoxy) is 2. The maximum atomic E-state index is 11.9. The molecule has 0 aliphatic carbocycles. The molecule has 0 radical (unpaired) electrons. The van der Waals surface area contributed by atoms with Gasteiger partial charge < -0.3 is 14.0 Å². The van der Waals surface area contributed by atoms with Crippen LogP contribution in [0, 0.1) is 18.3 Å². The van der Waals surface area contributed by atoms with Crippen LogP contribution in [-0.2, 0) is 6.42 Å². The van der Waals surface area contributed by atoms with Crippen LogP contribution >= 0.6 is 0 Å². The number of rotatable bonds is 4. The third-order valence-corrected chi connectivity index (χ3v) is 3.24. The molecule has 108 valence electrons. The minimum atomic E-state index is -0.132. The Hall–Kier alpha value is -2.74. The first kappa shape index (κ1) is 14.7. The van der Waals surface area contributed by atoms with Crippen LogP contribution in [0.3, 0.4) is 0 Å². The van der Waals surface area contributed by atoms with Crippen LogP contribution in [-0.4, -0.2) is 18.8 Å². The number of hydrogen-bond donors (Lipinski definition) is 0. The lowest BCUT2D eigenvalue weighted by atomic mass is 10.1. The van der Waals surface area contributed by atoms with Crippen molar-refractivity contribution in [3.05, 3.63) is 51.9 Å². The second-order valence-corrected chi connectivity index (χ2v) is 4.55. The van der Waals surface area contributed by atoms with E-state index in [-0.39, 0.29) is 11.8 Å². The van der Waals surface area contributed by atoms with E-state index in [1.54, 1.807) is 32.5 Å². The minimum absolute atomic E-state index is 0.0748. The average molecular weight is 284 g/mol. The van der Waals surface area contributed by atoms with E-state index in [2.05, 4.69) is 0 Å². The van der Waals surface area contributed by atoms with E-state index >= 15 is 0 Å². The van der Waals surface area contributed by atoms with Gasteiger partial charge in [-0.2, -0.15) is 5.26 Å². The summed E-state index contributed by atoms with van der Waals surface area (Å²) in [7, 11) is 3.17. The number of methoxy groups -OCH3 is 2. The van der Waals surface area contributed by atoms with Crippen molar-refractivity contribution in [1.82, 2.24) is 4.57 Å². The summed E-state index contributed by atoms with van der Waals surface area (Å²) in [5.74, 6) is 1.34. The Bertz CT molecular complexity index is 757. The highest BCUT2D eigenvalue weighted by Crippen LogP contribution is 2.28. The quantitative estimate of drug-likeness (QED) is 0.863. The number of pyridine rings is 1. The smallest absolute Gasteiger partial charge is 0.186 e. The predicted molar refractivity (Wildman–Crippen MR) is 79.2 cm³/mol. The van der Waals surface area contributed by atoms with Gasteiger partial charge in [0.25, 0.3) is 0 Å². The van der Waals surface area contributed by atoms with Crippen LogP contribution in [0.1, 0.15) is 11.3 Å². The van der Waals surface area contributed by atoms with Crippen molar-refractivity contribution in [3.8, 4) is 23.3 Å². The molecule has 1 aromatic heterocycles. The summed E-state index contributed by atoms with van der Waals surface area (Å²) in [5.41, 5.74) is 1.84. The maximum absolute atomic E-state index is 11.9. The summed E-state index contributed by atoms with van der Waals surface area (Å²) >= 11 is 0. The van der Waals surface area contributed by atoms with Gasteiger partial charge in [-0.1, -0.05) is 0 Å². The first-order valence-electron chi connectivity index (χ1n) is 6.42. The molecule has 0 fully saturated rings. The zero-order valence-electron chi connectivity index (χ0n) is 12.2. The highest BCUT2D eigenvalue weighted by molar-refractivity contribution is 5.52. The van der Waals surface area contributed by atoms with Crippen LogP contribution in [0.4, 0.5) is 0 Å². The van der Waals surface area contributed by atoms with E-state index < -0.39 is 0 Å². The number of aryl methyl sites for hydroxylation is 1. The van der Waals surface area contributed by atoms with Gasteiger partial charge in [0, 0.05) is 29.6 Å². The minimum Gasteiger partial charge on any atom is -0.497 e. The Morgan fingerprint density at radius 2 is 2.00 bits per heavy atom. The Balaban J connectivity index is 2.68. The third kappa shape index (κ3) is 2.90. The van der Waals surface area contributed by atoms with Crippen molar-refractivity contribution in [2.45, 2.75) is 13.3 Å². The summed E-state index contributed by atoms with van der Waals surface area (Å²) in [4.78, 5) is 11.9. The lowest BCUT2D eigenvalue weighted by Gasteiger charge is -2.16. The second-order valence-electron chi connectivity index (χ2n) is 4.55. The Morgan fingerprint density at radius 1 is 1.24 bits per heavy atom. The van der Waals surface area contributed by atoms with E-state index in [1.165, 1.54) is 6.07 Å². The molecule has 1 aromatic carbocycles. The first-order chi connectivity index (χ1) is 10.1. The molecule has 0 bridgehead atoms. The molecule has 0 amide bonds. The van der Waals surface area contributed by atoms with Crippen molar-refractivity contribution in [1.29, 1.82) is 5.26 Å².